The first-order chi connectivity index (χ1) is 16.7. The summed E-state index contributed by atoms with van der Waals surface area (Å²) < 4.78 is 38.2. The zero-order valence-electron chi connectivity index (χ0n) is 19.5. The summed E-state index contributed by atoms with van der Waals surface area (Å²) in [6, 6.07) is 11.1. The minimum absolute atomic E-state index is 0.0133. The Labute approximate surface area is 213 Å². The molecule has 0 aliphatic heterocycles. The molecule has 11 heteroatoms. The van der Waals surface area contributed by atoms with Crippen molar-refractivity contribution in [3.8, 4) is 0 Å². The number of hydrogen-bond donors (Lipinski definition) is 0. The number of aromatic nitrogens is 1. The van der Waals surface area contributed by atoms with Crippen molar-refractivity contribution in [3.05, 3.63) is 57.9 Å². The SMILES string of the molecule is CCOCCn1c(=NC(=O)CCCS(=O)(=O)c2ccc(Cl)cc2)sc2cc(C(=O)OCC)ccc21. The van der Waals surface area contributed by atoms with Gasteiger partial charge < -0.3 is 14.0 Å². The van der Waals surface area contributed by atoms with Crippen molar-refractivity contribution in [1.29, 1.82) is 0 Å². The lowest BCUT2D eigenvalue weighted by atomic mass is 10.2. The van der Waals surface area contributed by atoms with Gasteiger partial charge in [0, 0.05) is 24.6 Å². The third kappa shape index (κ3) is 7.23. The monoisotopic (exact) mass is 538 g/mol. The van der Waals surface area contributed by atoms with Crippen LogP contribution >= 0.6 is 22.9 Å². The van der Waals surface area contributed by atoms with E-state index in [1.54, 1.807) is 25.1 Å². The Bertz CT molecular complexity index is 1360. The number of nitrogens with zero attached hydrogens (tertiary/aromatic N) is 2. The van der Waals surface area contributed by atoms with Crippen LogP contribution in [0.2, 0.25) is 5.02 Å². The number of fused-ring (bicyclic) bond motifs is 1. The largest absolute Gasteiger partial charge is 0.462 e. The maximum absolute atomic E-state index is 12.6. The van der Waals surface area contributed by atoms with Gasteiger partial charge in [0.2, 0.25) is 5.91 Å². The van der Waals surface area contributed by atoms with Crippen molar-refractivity contribution in [2.24, 2.45) is 4.99 Å². The number of amides is 1. The van der Waals surface area contributed by atoms with E-state index in [-0.39, 0.29) is 30.1 Å². The molecular weight excluding hydrogens is 512 g/mol. The van der Waals surface area contributed by atoms with Gasteiger partial charge in [-0.05, 0) is 62.7 Å². The highest BCUT2D eigenvalue weighted by molar-refractivity contribution is 7.91. The molecule has 0 spiro atoms. The predicted molar refractivity (Wildman–Crippen MR) is 136 cm³/mol. The molecule has 3 rings (SSSR count). The topological polar surface area (TPSA) is 104 Å². The van der Waals surface area contributed by atoms with Crippen molar-refractivity contribution >= 4 is 54.9 Å². The first-order valence-electron chi connectivity index (χ1n) is 11.2. The van der Waals surface area contributed by atoms with Crippen molar-refractivity contribution in [3.63, 3.8) is 0 Å². The molecule has 0 atom stereocenters. The molecule has 0 fully saturated rings. The maximum Gasteiger partial charge on any atom is 0.338 e. The van der Waals surface area contributed by atoms with Crippen molar-refractivity contribution in [2.75, 3.05) is 25.6 Å². The second kappa shape index (κ2) is 12.4. The number of benzene rings is 2. The molecule has 0 saturated heterocycles. The molecule has 1 amide bonds. The zero-order chi connectivity index (χ0) is 25.4. The number of carbonyl (C=O) groups excluding carboxylic acids is 2. The molecule has 3 aromatic rings. The van der Waals surface area contributed by atoms with Crippen molar-refractivity contribution in [1.82, 2.24) is 4.57 Å². The van der Waals surface area contributed by atoms with Gasteiger partial charge in [-0.25, -0.2) is 13.2 Å². The average molecular weight is 539 g/mol. The first kappa shape index (κ1) is 27.1. The second-order valence-corrected chi connectivity index (χ2v) is 11.1. The lowest BCUT2D eigenvalue weighted by molar-refractivity contribution is -0.118. The number of sulfone groups is 1. The fraction of sp³-hybridized carbons (Fsp3) is 0.375. The normalized spacial score (nSPS) is 12.3. The highest BCUT2D eigenvalue weighted by atomic mass is 35.5. The van der Waals surface area contributed by atoms with E-state index in [0.717, 1.165) is 10.2 Å². The molecule has 0 bridgehead atoms. The number of halogens is 1. The van der Waals surface area contributed by atoms with Crippen LogP contribution in [-0.2, 0) is 30.7 Å². The summed E-state index contributed by atoms with van der Waals surface area (Å²) in [6.45, 7) is 5.38. The number of ether oxygens (including phenoxy) is 2. The summed E-state index contributed by atoms with van der Waals surface area (Å²) in [6.07, 6.45) is 0.130. The smallest absolute Gasteiger partial charge is 0.338 e. The van der Waals surface area contributed by atoms with E-state index in [1.165, 1.54) is 35.6 Å². The van der Waals surface area contributed by atoms with Gasteiger partial charge in [-0.1, -0.05) is 22.9 Å². The summed E-state index contributed by atoms with van der Waals surface area (Å²) >= 11 is 7.10. The van der Waals surface area contributed by atoms with Crippen LogP contribution < -0.4 is 4.80 Å². The molecule has 1 heterocycles. The molecule has 0 aliphatic rings. The van der Waals surface area contributed by atoms with Gasteiger partial charge >= 0.3 is 5.97 Å². The zero-order valence-corrected chi connectivity index (χ0v) is 21.9. The molecule has 0 radical (unpaired) electrons. The lowest BCUT2D eigenvalue weighted by Crippen LogP contribution is -2.20. The number of hydrogen-bond acceptors (Lipinski definition) is 7. The Hall–Kier alpha value is -2.53. The number of rotatable bonds is 11. The van der Waals surface area contributed by atoms with Gasteiger partial charge in [0.15, 0.2) is 14.6 Å². The lowest BCUT2D eigenvalue weighted by Gasteiger charge is -2.06. The van der Waals surface area contributed by atoms with Gasteiger partial charge in [-0.2, -0.15) is 4.99 Å². The van der Waals surface area contributed by atoms with Gasteiger partial charge in [-0.3, -0.25) is 4.79 Å². The van der Waals surface area contributed by atoms with Crippen LogP contribution in [0.4, 0.5) is 0 Å². The third-order valence-corrected chi connectivity index (χ3v) is 8.16. The molecule has 0 saturated carbocycles. The van der Waals surface area contributed by atoms with Crippen LogP contribution in [0.3, 0.4) is 0 Å². The molecule has 35 heavy (non-hydrogen) atoms. The van der Waals surface area contributed by atoms with E-state index < -0.39 is 21.7 Å². The van der Waals surface area contributed by atoms with Gasteiger partial charge in [-0.15, -0.1) is 0 Å². The molecule has 2 aromatic carbocycles. The average Bonchev–Trinajstić information content (AvgIpc) is 3.15. The van der Waals surface area contributed by atoms with Crippen molar-refractivity contribution in [2.45, 2.75) is 38.1 Å². The van der Waals surface area contributed by atoms with E-state index in [0.29, 0.717) is 35.1 Å². The third-order valence-electron chi connectivity index (χ3n) is 5.05. The van der Waals surface area contributed by atoms with Crippen LogP contribution in [0.5, 0.6) is 0 Å². The Morgan fingerprint density at radius 2 is 1.83 bits per heavy atom. The highest BCUT2D eigenvalue weighted by Crippen LogP contribution is 2.20. The van der Waals surface area contributed by atoms with Crippen LogP contribution in [0.15, 0.2) is 52.4 Å². The Morgan fingerprint density at radius 3 is 2.51 bits per heavy atom. The Morgan fingerprint density at radius 1 is 1.09 bits per heavy atom. The summed E-state index contributed by atoms with van der Waals surface area (Å²) in [5, 5.41) is 0.452. The number of esters is 1. The Kier molecular flexibility index (Phi) is 9.62. The maximum atomic E-state index is 12.6. The quantitative estimate of drug-likeness (QED) is 0.267. The number of carbonyl (C=O) groups is 2. The molecular formula is C24H27ClN2O6S2. The molecule has 188 valence electrons. The number of thiazole rings is 1. The highest BCUT2D eigenvalue weighted by Gasteiger charge is 2.16. The van der Waals surface area contributed by atoms with Gasteiger partial charge in [0.05, 0.1) is 39.6 Å². The van der Waals surface area contributed by atoms with E-state index in [4.69, 9.17) is 21.1 Å². The second-order valence-electron chi connectivity index (χ2n) is 7.52. The van der Waals surface area contributed by atoms with Crippen LogP contribution in [0.1, 0.15) is 37.0 Å². The molecule has 1 aromatic heterocycles. The van der Waals surface area contributed by atoms with Crippen LogP contribution in [0, 0.1) is 0 Å². The molecule has 0 N–H and O–H groups in total. The van der Waals surface area contributed by atoms with E-state index in [2.05, 4.69) is 4.99 Å². The van der Waals surface area contributed by atoms with E-state index in [1.807, 2.05) is 11.5 Å². The molecule has 0 aliphatic carbocycles. The minimum atomic E-state index is -3.52. The standard InChI is InChI=1S/C24H27ClN2O6S2/c1-3-32-14-13-27-20-12-7-17(23(29)33-4-2)16-21(20)34-24(27)26-22(28)6-5-15-35(30,31)19-10-8-18(25)9-11-19/h7-12,16H,3-6,13-15H2,1-2H3. The minimum Gasteiger partial charge on any atom is -0.462 e. The Balaban J connectivity index is 1.79. The van der Waals surface area contributed by atoms with Gasteiger partial charge in [0.1, 0.15) is 0 Å². The predicted octanol–water partition coefficient (Wildman–Crippen LogP) is 4.25. The summed E-state index contributed by atoms with van der Waals surface area (Å²) in [4.78, 5) is 29.6. The fourth-order valence-corrected chi connectivity index (χ4v) is 5.90. The van der Waals surface area contributed by atoms with Crippen LogP contribution in [0.25, 0.3) is 10.2 Å². The summed E-state index contributed by atoms with van der Waals surface area (Å²) in [5.41, 5.74) is 1.24. The summed E-state index contributed by atoms with van der Waals surface area (Å²) in [5.74, 6) is -1.01. The van der Waals surface area contributed by atoms with Gasteiger partial charge in [0.25, 0.3) is 0 Å². The molecule has 0 unspecified atom stereocenters. The fourth-order valence-electron chi connectivity index (χ4n) is 3.35. The molecule has 8 nitrogen and oxygen atoms in total. The van der Waals surface area contributed by atoms with Crippen molar-refractivity contribution < 1.29 is 27.5 Å². The first-order valence-corrected chi connectivity index (χ1v) is 14.0. The van der Waals surface area contributed by atoms with Crippen LogP contribution in [-0.4, -0.2) is 50.4 Å². The summed E-state index contributed by atoms with van der Waals surface area (Å²) in [7, 11) is -3.52. The van der Waals surface area contributed by atoms with E-state index in [9.17, 15) is 18.0 Å². The van der Waals surface area contributed by atoms with E-state index >= 15 is 0 Å².